The molecule has 1 heterocycles. The molecule has 4 rings (SSSR count). The predicted molar refractivity (Wildman–Crippen MR) is 135 cm³/mol. The Balaban J connectivity index is 1.62. The second-order valence-electron chi connectivity index (χ2n) is 8.39. The number of hydrogen-bond donors (Lipinski definition) is 2. The highest BCUT2D eigenvalue weighted by Crippen LogP contribution is 2.36. The Morgan fingerprint density at radius 1 is 1.05 bits per heavy atom. The molecule has 3 aromatic carbocycles. The first kappa shape index (κ1) is 26.2. The molecule has 37 heavy (non-hydrogen) atoms. The number of anilines is 4. The van der Waals surface area contributed by atoms with Crippen LogP contribution in [0.5, 0.6) is 0 Å². The van der Waals surface area contributed by atoms with Crippen molar-refractivity contribution in [2.45, 2.75) is 13.1 Å². The van der Waals surface area contributed by atoms with Gasteiger partial charge < -0.3 is 20.3 Å². The van der Waals surface area contributed by atoms with Crippen molar-refractivity contribution in [1.82, 2.24) is 0 Å². The first-order valence-corrected chi connectivity index (χ1v) is 11.6. The highest BCUT2D eigenvalue weighted by atomic mass is 35.5. The number of morpholine rings is 1. The van der Waals surface area contributed by atoms with Gasteiger partial charge in [0.25, 0.3) is 11.6 Å². The lowest BCUT2D eigenvalue weighted by molar-refractivity contribution is -0.385. The van der Waals surface area contributed by atoms with Crippen LogP contribution in [0.2, 0.25) is 5.02 Å². The van der Waals surface area contributed by atoms with Crippen LogP contribution in [-0.2, 0) is 10.9 Å². The number of nitro benzene ring substituents is 1. The summed E-state index contributed by atoms with van der Waals surface area (Å²) >= 11 is 5.93. The van der Waals surface area contributed by atoms with E-state index in [9.17, 15) is 28.1 Å². The average molecular weight is 535 g/mol. The van der Waals surface area contributed by atoms with Crippen LogP contribution in [0.1, 0.15) is 21.5 Å². The number of carbonyl (C=O) groups excluding carboxylic acids is 1. The summed E-state index contributed by atoms with van der Waals surface area (Å²) in [6.45, 7) is 3.50. The smallest absolute Gasteiger partial charge is 0.378 e. The summed E-state index contributed by atoms with van der Waals surface area (Å²) in [7, 11) is 0. The van der Waals surface area contributed by atoms with Gasteiger partial charge in [0, 0.05) is 46.9 Å². The van der Waals surface area contributed by atoms with Crippen molar-refractivity contribution in [3.8, 4) is 0 Å². The van der Waals surface area contributed by atoms with Crippen LogP contribution >= 0.6 is 11.6 Å². The Bertz CT molecular complexity index is 1340. The number of alkyl halides is 3. The summed E-state index contributed by atoms with van der Waals surface area (Å²) in [5.41, 5.74) is 0.571. The molecular weight excluding hydrogens is 513 g/mol. The lowest BCUT2D eigenvalue weighted by Crippen LogP contribution is -2.36. The number of ether oxygens (including phenoxy) is 1. The number of hydrogen-bond acceptors (Lipinski definition) is 6. The molecule has 2 N–H and O–H groups in total. The maximum atomic E-state index is 13.6. The van der Waals surface area contributed by atoms with E-state index in [0.29, 0.717) is 48.9 Å². The van der Waals surface area contributed by atoms with Gasteiger partial charge in [-0.25, -0.2) is 0 Å². The van der Waals surface area contributed by atoms with Crippen molar-refractivity contribution in [3.05, 3.63) is 86.4 Å². The Morgan fingerprint density at radius 2 is 1.78 bits per heavy atom. The van der Waals surface area contributed by atoms with E-state index in [1.165, 1.54) is 18.2 Å². The molecule has 1 aliphatic rings. The van der Waals surface area contributed by atoms with E-state index in [-0.39, 0.29) is 16.3 Å². The number of benzene rings is 3. The summed E-state index contributed by atoms with van der Waals surface area (Å²) in [6.07, 6.45) is -4.54. The van der Waals surface area contributed by atoms with Crippen LogP contribution in [0.4, 0.5) is 41.6 Å². The first-order chi connectivity index (χ1) is 17.5. The topological polar surface area (TPSA) is 96.7 Å². The van der Waals surface area contributed by atoms with Crippen molar-refractivity contribution < 1.29 is 27.6 Å². The first-order valence-electron chi connectivity index (χ1n) is 11.2. The van der Waals surface area contributed by atoms with E-state index in [1.54, 1.807) is 25.1 Å². The third kappa shape index (κ3) is 6.30. The molecule has 1 saturated heterocycles. The number of nitrogens with one attached hydrogen (secondary N) is 2. The highest BCUT2D eigenvalue weighted by Gasteiger charge is 2.32. The second-order valence-corrected chi connectivity index (χ2v) is 8.83. The van der Waals surface area contributed by atoms with Gasteiger partial charge in [0.2, 0.25) is 0 Å². The fraction of sp³-hybridized carbons (Fsp3) is 0.240. The number of carbonyl (C=O) groups is 1. The summed E-state index contributed by atoms with van der Waals surface area (Å²) in [6, 6.07) is 12.2. The Morgan fingerprint density at radius 3 is 2.46 bits per heavy atom. The van der Waals surface area contributed by atoms with Crippen LogP contribution in [0.3, 0.4) is 0 Å². The van der Waals surface area contributed by atoms with Crippen molar-refractivity contribution >= 4 is 45.9 Å². The van der Waals surface area contributed by atoms with Crippen LogP contribution in [-0.4, -0.2) is 37.1 Å². The van der Waals surface area contributed by atoms with Gasteiger partial charge in [-0.05, 0) is 55.0 Å². The average Bonchev–Trinajstić information content (AvgIpc) is 2.85. The van der Waals surface area contributed by atoms with Gasteiger partial charge in [-0.1, -0.05) is 17.7 Å². The summed E-state index contributed by atoms with van der Waals surface area (Å²) in [5, 5.41) is 17.1. The Kier molecular flexibility index (Phi) is 7.55. The zero-order valence-electron chi connectivity index (χ0n) is 19.6. The van der Waals surface area contributed by atoms with Gasteiger partial charge in [0.1, 0.15) is 5.56 Å². The summed E-state index contributed by atoms with van der Waals surface area (Å²) in [4.78, 5) is 25.3. The van der Waals surface area contributed by atoms with Gasteiger partial charge in [-0.3, -0.25) is 14.9 Å². The largest absolute Gasteiger partial charge is 0.416 e. The number of halogens is 4. The van der Waals surface area contributed by atoms with E-state index in [2.05, 4.69) is 10.6 Å². The molecule has 12 heteroatoms. The van der Waals surface area contributed by atoms with Crippen LogP contribution in [0, 0.1) is 17.0 Å². The van der Waals surface area contributed by atoms with E-state index in [0.717, 1.165) is 18.2 Å². The van der Waals surface area contributed by atoms with Gasteiger partial charge in [0.05, 0.1) is 23.7 Å². The zero-order chi connectivity index (χ0) is 26.7. The molecule has 0 aliphatic carbocycles. The van der Waals surface area contributed by atoms with E-state index in [1.807, 2.05) is 4.90 Å². The van der Waals surface area contributed by atoms with Crippen LogP contribution < -0.4 is 15.5 Å². The molecule has 0 radical (unpaired) electrons. The minimum atomic E-state index is -4.54. The molecule has 0 unspecified atom stereocenters. The number of nitrogens with zero attached hydrogens (tertiary/aromatic N) is 2. The van der Waals surface area contributed by atoms with E-state index >= 15 is 0 Å². The molecule has 0 saturated carbocycles. The lowest BCUT2D eigenvalue weighted by atomic mass is 10.1. The maximum Gasteiger partial charge on any atom is 0.416 e. The minimum absolute atomic E-state index is 0.156. The summed E-state index contributed by atoms with van der Waals surface area (Å²) in [5.74, 6) is -0.747. The van der Waals surface area contributed by atoms with Gasteiger partial charge in [-0.2, -0.15) is 13.2 Å². The molecule has 1 aliphatic heterocycles. The number of rotatable bonds is 6. The monoisotopic (exact) mass is 534 g/mol. The molecule has 0 spiro atoms. The maximum absolute atomic E-state index is 13.6. The Labute approximate surface area is 215 Å². The molecular formula is C25H22ClF3N4O4. The van der Waals surface area contributed by atoms with E-state index in [4.69, 9.17) is 16.3 Å². The SMILES string of the molecule is Cc1ccc(Nc2cc(N3CCOCC3)cc(C(F)(F)F)c2)cc1NC(=O)c1cc(Cl)ccc1[N+](=O)[O-]. The molecule has 0 aromatic heterocycles. The zero-order valence-corrected chi connectivity index (χ0v) is 20.3. The number of nitro groups is 1. The highest BCUT2D eigenvalue weighted by molar-refractivity contribution is 6.31. The lowest BCUT2D eigenvalue weighted by Gasteiger charge is -2.30. The standard InChI is InChI=1S/C25H22ClF3N4O4/c1-15-2-4-18(14-22(15)31-24(34)21-12-17(26)3-5-23(21)33(35)36)30-19-10-16(25(27,28)29)11-20(13-19)32-6-8-37-9-7-32/h2-5,10-14,30H,6-9H2,1H3,(H,31,34). The third-order valence-electron chi connectivity index (χ3n) is 5.80. The van der Waals surface area contributed by atoms with Gasteiger partial charge in [0.15, 0.2) is 0 Å². The van der Waals surface area contributed by atoms with Crippen molar-refractivity contribution in [2.75, 3.05) is 41.8 Å². The van der Waals surface area contributed by atoms with Crippen LogP contribution in [0.15, 0.2) is 54.6 Å². The number of aryl methyl sites for hydroxylation is 1. The number of amides is 1. The van der Waals surface area contributed by atoms with Crippen molar-refractivity contribution in [1.29, 1.82) is 0 Å². The van der Waals surface area contributed by atoms with Crippen molar-refractivity contribution in [2.24, 2.45) is 0 Å². The minimum Gasteiger partial charge on any atom is -0.378 e. The fourth-order valence-electron chi connectivity index (χ4n) is 3.89. The summed E-state index contributed by atoms with van der Waals surface area (Å²) < 4.78 is 46.2. The quantitative estimate of drug-likeness (QED) is 0.280. The van der Waals surface area contributed by atoms with E-state index < -0.39 is 28.3 Å². The predicted octanol–water partition coefficient (Wildman–Crippen LogP) is 6.41. The molecule has 194 valence electrons. The molecule has 1 fully saturated rings. The molecule has 0 bridgehead atoms. The third-order valence-corrected chi connectivity index (χ3v) is 6.03. The Hall–Kier alpha value is -3.83. The van der Waals surface area contributed by atoms with Gasteiger partial charge >= 0.3 is 6.18 Å². The molecule has 3 aromatic rings. The van der Waals surface area contributed by atoms with Gasteiger partial charge in [-0.15, -0.1) is 0 Å². The molecule has 1 amide bonds. The molecule has 8 nitrogen and oxygen atoms in total. The van der Waals surface area contributed by atoms with Crippen molar-refractivity contribution in [3.63, 3.8) is 0 Å². The fourth-order valence-corrected chi connectivity index (χ4v) is 4.06. The second kappa shape index (κ2) is 10.7. The molecule has 0 atom stereocenters. The van der Waals surface area contributed by atoms with Crippen LogP contribution in [0.25, 0.3) is 0 Å². The normalized spacial score (nSPS) is 13.8.